The Hall–Kier alpha value is -1.06. The van der Waals surface area contributed by atoms with Gasteiger partial charge in [-0.25, -0.2) is 17.5 Å². The van der Waals surface area contributed by atoms with Gasteiger partial charge in [0.05, 0.1) is 19.3 Å². The lowest BCUT2D eigenvalue weighted by Gasteiger charge is -2.30. The van der Waals surface area contributed by atoms with E-state index in [9.17, 15) is 12.8 Å². The number of hydrogen-bond acceptors (Lipinski definition) is 5. The van der Waals surface area contributed by atoms with Crippen molar-refractivity contribution in [2.75, 3.05) is 33.3 Å². The molecule has 1 saturated heterocycles. The van der Waals surface area contributed by atoms with E-state index in [1.165, 1.54) is 6.07 Å². The highest BCUT2D eigenvalue weighted by Gasteiger charge is 2.23. The van der Waals surface area contributed by atoms with Crippen LogP contribution in [0.15, 0.2) is 23.1 Å². The number of hydrogen-bond donors (Lipinski definition) is 2. The molecule has 0 spiro atoms. The Morgan fingerprint density at radius 1 is 1.52 bits per heavy atom. The van der Waals surface area contributed by atoms with Gasteiger partial charge in [-0.05, 0) is 24.7 Å². The molecule has 1 aromatic rings. The van der Waals surface area contributed by atoms with Gasteiger partial charge in [0, 0.05) is 19.6 Å². The van der Waals surface area contributed by atoms with Crippen LogP contribution in [0, 0.1) is 5.82 Å². The van der Waals surface area contributed by atoms with Crippen LogP contribution in [0.5, 0.6) is 0 Å². The average Bonchev–Trinajstić information content (AvgIpc) is 2.46. The molecule has 1 aromatic carbocycles. The number of aliphatic hydroxyl groups excluding tert-OH is 1. The lowest BCUT2D eigenvalue weighted by Crippen LogP contribution is -2.45. The molecule has 1 fully saturated rings. The van der Waals surface area contributed by atoms with Crippen LogP contribution in [-0.2, 0) is 21.4 Å². The summed E-state index contributed by atoms with van der Waals surface area (Å²) in [5.74, 6) is -0.846. The molecule has 1 atom stereocenters. The Bertz CT molecular complexity index is 594. The maximum Gasteiger partial charge on any atom is 0.243 e. The molecule has 1 heterocycles. The summed E-state index contributed by atoms with van der Waals surface area (Å²) in [5.41, 5.74) is 0.338. The van der Waals surface area contributed by atoms with E-state index in [4.69, 9.17) is 9.84 Å². The lowest BCUT2D eigenvalue weighted by molar-refractivity contribution is -0.0156. The molecule has 2 N–H and O–H groups in total. The number of benzene rings is 1. The van der Waals surface area contributed by atoms with E-state index in [1.807, 2.05) is 11.9 Å². The van der Waals surface area contributed by atoms with Crippen molar-refractivity contribution in [2.45, 2.75) is 17.6 Å². The van der Waals surface area contributed by atoms with Crippen molar-refractivity contribution in [1.82, 2.24) is 9.62 Å². The predicted molar refractivity (Wildman–Crippen MR) is 74.7 cm³/mol. The fourth-order valence-electron chi connectivity index (χ4n) is 2.12. The van der Waals surface area contributed by atoms with E-state index in [2.05, 4.69) is 4.72 Å². The van der Waals surface area contributed by atoms with Crippen LogP contribution in [0.4, 0.5) is 4.39 Å². The van der Waals surface area contributed by atoms with Crippen molar-refractivity contribution in [2.24, 2.45) is 0 Å². The van der Waals surface area contributed by atoms with Crippen LogP contribution < -0.4 is 4.72 Å². The first-order valence-corrected chi connectivity index (χ1v) is 8.10. The molecule has 0 radical (unpaired) electrons. The van der Waals surface area contributed by atoms with Crippen LogP contribution in [0.1, 0.15) is 5.56 Å². The van der Waals surface area contributed by atoms with Crippen LogP contribution in [0.2, 0.25) is 0 Å². The zero-order chi connectivity index (χ0) is 15.5. The van der Waals surface area contributed by atoms with E-state index in [1.54, 1.807) is 0 Å². The van der Waals surface area contributed by atoms with E-state index in [-0.39, 0.29) is 19.3 Å². The Morgan fingerprint density at radius 2 is 2.29 bits per heavy atom. The highest BCUT2D eigenvalue weighted by Crippen LogP contribution is 2.16. The zero-order valence-corrected chi connectivity index (χ0v) is 12.6. The van der Waals surface area contributed by atoms with E-state index in [0.29, 0.717) is 18.7 Å². The summed E-state index contributed by atoms with van der Waals surface area (Å²) in [6, 6.07) is 3.50. The van der Waals surface area contributed by atoms with Crippen molar-refractivity contribution < 1.29 is 22.7 Å². The normalized spacial score (nSPS) is 20.6. The zero-order valence-electron chi connectivity index (χ0n) is 11.8. The van der Waals surface area contributed by atoms with Crippen LogP contribution in [0.25, 0.3) is 0 Å². The van der Waals surface area contributed by atoms with E-state index >= 15 is 0 Å². The van der Waals surface area contributed by atoms with Gasteiger partial charge in [0.1, 0.15) is 10.7 Å². The summed E-state index contributed by atoms with van der Waals surface area (Å²) in [6.45, 7) is 1.68. The molecule has 1 unspecified atom stereocenters. The molecule has 0 aromatic heterocycles. The summed E-state index contributed by atoms with van der Waals surface area (Å²) in [7, 11) is -2.05. The summed E-state index contributed by atoms with van der Waals surface area (Å²) in [5, 5.41) is 9.02. The second-order valence-corrected chi connectivity index (χ2v) is 6.77. The first-order valence-electron chi connectivity index (χ1n) is 6.61. The first kappa shape index (κ1) is 16.3. The van der Waals surface area contributed by atoms with Gasteiger partial charge in [-0.3, -0.25) is 0 Å². The number of aliphatic hydroxyl groups is 1. The second-order valence-electron chi connectivity index (χ2n) is 5.03. The number of rotatable bonds is 5. The maximum absolute atomic E-state index is 13.7. The van der Waals surface area contributed by atoms with Crippen LogP contribution in [0.3, 0.4) is 0 Å². The van der Waals surface area contributed by atoms with Crippen molar-refractivity contribution in [3.05, 3.63) is 29.6 Å². The van der Waals surface area contributed by atoms with Gasteiger partial charge in [0.25, 0.3) is 0 Å². The molecule has 1 aliphatic heterocycles. The third-order valence-corrected chi connectivity index (χ3v) is 4.75. The minimum Gasteiger partial charge on any atom is -0.392 e. The first-order chi connectivity index (χ1) is 9.92. The molecule has 8 heteroatoms. The molecule has 6 nitrogen and oxygen atoms in total. The van der Waals surface area contributed by atoms with E-state index in [0.717, 1.165) is 18.7 Å². The van der Waals surface area contributed by atoms with E-state index < -0.39 is 20.7 Å². The molecule has 0 aliphatic carbocycles. The monoisotopic (exact) mass is 318 g/mol. The molecule has 118 valence electrons. The average molecular weight is 318 g/mol. The predicted octanol–water partition coefficient (Wildman–Crippen LogP) is -0.0731. The fraction of sp³-hybridized carbons (Fsp3) is 0.538. The number of morpholine rings is 1. The maximum atomic E-state index is 13.7. The van der Waals surface area contributed by atoms with Gasteiger partial charge >= 0.3 is 0 Å². The Labute approximate surface area is 123 Å². The number of nitrogens with one attached hydrogen (secondary N) is 1. The quantitative estimate of drug-likeness (QED) is 0.794. The standard InChI is InChI=1S/C13H19FN2O4S/c1-16-4-5-20-11(8-16)7-15-21(18,19)13-6-10(9-17)2-3-12(13)14/h2-3,6,11,15,17H,4-5,7-9H2,1H3. The van der Waals surface area contributed by atoms with Gasteiger partial charge in [-0.1, -0.05) is 6.07 Å². The molecule has 0 amide bonds. The topological polar surface area (TPSA) is 78.9 Å². The number of nitrogens with zero attached hydrogens (tertiary/aromatic N) is 1. The molecule has 0 bridgehead atoms. The van der Waals surface area contributed by atoms with Crippen molar-refractivity contribution >= 4 is 10.0 Å². The van der Waals surface area contributed by atoms with Gasteiger partial charge in [-0.2, -0.15) is 0 Å². The largest absolute Gasteiger partial charge is 0.392 e. The third-order valence-electron chi connectivity index (χ3n) is 3.31. The van der Waals surface area contributed by atoms with Gasteiger partial charge in [0.15, 0.2) is 0 Å². The third kappa shape index (κ3) is 4.21. The Morgan fingerprint density at radius 3 is 2.95 bits per heavy atom. The molecule has 2 rings (SSSR count). The van der Waals surface area contributed by atoms with Gasteiger partial charge < -0.3 is 14.7 Å². The summed E-state index contributed by atoms with van der Waals surface area (Å²) in [6.07, 6.45) is -0.261. The highest BCUT2D eigenvalue weighted by molar-refractivity contribution is 7.89. The van der Waals surface area contributed by atoms with Crippen LogP contribution >= 0.6 is 0 Å². The number of likely N-dealkylation sites (N-methyl/N-ethyl adjacent to an activating group) is 1. The summed E-state index contributed by atoms with van der Waals surface area (Å²) >= 11 is 0. The summed E-state index contributed by atoms with van der Waals surface area (Å²) < 4.78 is 45.8. The Balaban J connectivity index is 2.08. The lowest BCUT2D eigenvalue weighted by atomic mass is 10.2. The molecular formula is C13H19FN2O4S. The number of halogens is 1. The smallest absolute Gasteiger partial charge is 0.243 e. The molecule has 0 saturated carbocycles. The molecule has 21 heavy (non-hydrogen) atoms. The number of ether oxygens (including phenoxy) is 1. The van der Waals surface area contributed by atoms with Crippen molar-refractivity contribution in [3.63, 3.8) is 0 Å². The van der Waals surface area contributed by atoms with Crippen molar-refractivity contribution in [3.8, 4) is 0 Å². The SMILES string of the molecule is CN1CCOC(CNS(=O)(=O)c2cc(CO)ccc2F)C1. The second kappa shape index (κ2) is 6.80. The minimum absolute atomic E-state index is 0.0788. The summed E-state index contributed by atoms with van der Waals surface area (Å²) in [4.78, 5) is 1.58. The van der Waals surface area contributed by atoms with Crippen LogP contribution in [-0.4, -0.2) is 57.8 Å². The van der Waals surface area contributed by atoms with Gasteiger partial charge in [-0.15, -0.1) is 0 Å². The van der Waals surface area contributed by atoms with Crippen molar-refractivity contribution in [1.29, 1.82) is 0 Å². The Kier molecular flexibility index (Phi) is 5.28. The highest BCUT2D eigenvalue weighted by atomic mass is 32.2. The molecule has 1 aliphatic rings. The van der Waals surface area contributed by atoms with Gasteiger partial charge in [0.2, 0.25) is 10.0 Å². The minimum atomic E-state index is -3.98. The number of sulfonamides is 1. The fourth-order valence-corrected chi connectivity index (χ4v) is 3.31. The molecular weight excluding hydrogens is 299 g/mol.